The molecule has 1 aliphatic heterocycles. The van der Waals surface area contributed by atoms with Crippen LogP contribution >= 0.6 is 11.3 Å². The van der Waals surface area contributed by atoms with E-state index in [1.54, 1.807) is 22.8 Å². The summed E-state index contributed by atoms with van der Waals surface area (Å²) in [5.74, 6) is -0.270. The number of thiazole rings is 1. The molecule has 0 spiro atoms. The number of halogens is 1. The van der Waals surface area contributed by atoms with Gasteiger partial charge in [0.15, 0.2) is 10.6 Å². The number of hydrogen-bond acceptors (Lipinski definition) is 4. The number of carbonyl (C=O) groups is 1. The van der Waals surface area contributed by atoms with Gasteiger partial charge in [-0.15, -0.1) is 0 Å². The van der Waals surface area contributed by atoms with Crippen molar-refractivity contribution in [2.75, 3.05) is 0 Å². The Labute approximate surface area is 182 Å². The first-order valence-corrected chi connectivity index (χ1v) is 11.0. The molecular formula is C25H21FN2O2S. The average Bonchev–Trinajstić information content (AvgIpc) is 3.03. The van der Waals surface area contributed by atoms with Gasteiger partial charge in [0.25, 0.3) is 5.56 Å². The van der Waals surface area contributed by atoms with E-state index in [1.807, 2.05) is 30.3 Å². The minimum atomic E-state index is -0.480. The number of carbonyl (C=O) groups excluding carboxylic acids is 1. The summed E-state index contributed by atoms with van der Waals surface area (Å²) in [5.41, 5.74) is 2.70. The highest BCUT2D eigenvalue weighted by molar-refractivity contribution is 7.07. The molecule has 6 heteroatoms. The van der Waals surface area contributed by atoms with E-state index in [2.05, 4.69) is 13.8 Å². The van der Waals surface area contributed by atoms with Crippen molar-refractivity contribution in [3.05, 3.63) is 102 Å². The Morgan fingerprint density at radius 1 is 1.06 bits per heavy atom. The minimum Gasteiger partial charge on any atom is -0.294 e. The fourth-order valence-electron chi connectivity index (χ4n) is 4.41. The Bertz CT molecular complexity index is 1400. The van der Waals surface area contributed by atoms with Crippen LogP contribution in [0.5, 0.6) is 0 Å². The summed E-state index contributed by atoms with van der Waals surface area (Å²) in [6, 6.07) is 15.2. The molecule has 0 fully saturated rings. The third-order valence-electron chi connectivity index (χ3n) is 5.78. The lowest BCUT2D eigenvalue weighted by molar-refractivity contribution is -0.118. The van der Waals surface area contributed by atoms with E-state index >= 15 is 0 Å². The van der Waals surface area contributed by atoms with Gasteiger partial charge in [0.05, 0.1) is 16.3 Å². The number of benzene rings is 2. The quantitative estimate of drug-likeness (QED) is 0.619. The summed E-state index contributed by atoms with van der Waals surface area (Å²) in [7, 11) is 0. The van der Waals surface area contributed by atoms with E-state index < -0.39 is 6.04 Å². The number of nitrogens with zero attached hydrogens (tertiary/aromatic N) is 2. The van der Waals surface area contributed by atoms with Crippen molar-refractivity contribution in [3.63, 3.8) is 0 Å². The van der Waals surface area contributed by atoms with Crippen LogP contribution in [0.1, 0.15) is 43.9 Å². The number of rotatable bonds is 2. The van der Waals surface area contributed by atoms with E-state index in [9.17, 15) is 14.0 Å². The summed E-state index contributed by atoms with van der Waals surface area (Å²) in [5, 5.41) is 0. The molecule has 1 atom stereocenters. The number of ketones is 1. The second kappa shape index (κ2) is 7.24. The summed E-state index contributed by atoms with van der Waals surface area (Å²) >= 11 is 1.31. The number of allylic oxidation sites excluding steroid dienone is 2. The van der Waals surface area contributed by atoms with Crippen LogP contribution in [0.25, 0.3) is 6.08 Å². The molecule has 2 heterocycles. The number of Topliss-reactive ketones (excluding diaryl/α,β-unsaturated/α-hetero) is 1. The van der Waals surface area contributed by atoms with Gasteiger partial charge in [-0.1, -0.05) is 67.6 Å². The maximum atomic E-state index is 13.5. The molecule has 2 aromatic carbocycles. The molecule has 1 unspecified atom stereocenters. The smallest absolute Gasteiger partial charge is 0.271 e. The highest BCUT2D eigenvalue weighted by Crippen LogP contribution is 2.43. The van der Waals surface area contributed by atoms with Gasteiger partial charge in [0, 0.05) is 12.0 Å². The maximum absolute atomic E-state index is 13.5. The molecule has 1 aliphatic carbocycles. The van der Waals surface area contributed by atoms with Gasteiger partial charge in [0.2, 0.25) is 0 Å². The first-order chi connectivity index (χ1) is 14.8. The normalized spacial score (nSPS) is 20.3. The lowest BCUT2D eigenvalue weighted by atomic mass is 9.73. The standard InChI is InChI=1S/C25H21FN2O2S/c1-25(2)13-18-21(19(29)14-25)22(16-6-4-3-5-7-16)28-23(30)20(31-24(28)27-18)12-15-8-10-17(26)11-9-15/h3-12,22H,13-14H2,1-2H3. The molecule has 0 amide bonds. The Morgan fingerprint density at radius 3 is 2.48 bits per heavy atom. The van der Waals surface area contributed by atoms with E-state index in [0.29, 0.717) is 27.7 Å². The third-order valence-corrected chi connectivity index (χ3v) is 6.76. The third kappa shape index (κ3) is 3.51. The van der Waals surface area contributed by atoms with Crippen LogP contribution in [0.15, 0.2) is 75.7 Å². The number of fused-ring (bicyclic) bond motifs is 1. The first-order valence-electron chi connectivity index (χ1n) is 10.2. The van der Waals surface area contributed by atoms with Crippen molar-refractivity contribution in [1.82, 2.24) is 4.57 Å². The number of hydrogen-bond donors (Lipinski definition) is 0. The molecule has 0 saturated carbocycles. The van der Waals surface area contributed by atoms with Gasteiger partial charge in [-0.3, -0.25) is 14.2 Å². The molecule has 0 saturated heterocycles. The van der Waals surface area contributed by atoms with Gasteiger partial charge < -0.3 is 0 Å². The minimum absolute atomic E-state index is 0.0525. The number of aromatic nitrogens is 1. The summed E-state index contributed by atoms with van der Waals surface area (Å²) in [6.07, 6.45) is 2.88. The lowest BCUT2D eigenvalue weighted by Gasteiger charge is -2.35. The first kappa shape index (κ1) is 19.8. The molecule has 0 N–H and O–H groups in total. The zero-order chi connectivity index (χ0) is 21.8. The van der Waals surface area contributed by atoms with Crippen LogP contribution in [0.3, 0.4) is 0 Å². The monoisotopic (exact) mass is 432 g/mol. The predicted octanol–water partition coefficient (Wildman–Crippen LogP) is 3.74. The molecule has 0 bridgehead atoms. The van der Waals surface area contributed by atoms with Crippen LogP contribution in [-0.2, 0) is 4.79 Å². The van der Waals surface area contributed by atoms with E-state index in [1.165, 1.54) is 23.5 Å². The largest absolute Gasteiger partial charge is 0.294 e. The van der Waals surface area contributed by atoms with Crippen LogP contribution in [0.2, 0.25) is 0 Å². The molecule has 1 aromatic heterocycles. The van der Waals surface area contributed by atoms with E-state index in [4.69, 9.17) is 4.99 Å². The highest BCUT2D eigenvalue weighted by Gasteiger charge is 2.40. The molecule has 4 nitrogen and oxygen atoms in total. The average molecular weight is 433 g/mol. The van der Waals surface area contributed by atoms with Crippen LogP contribution in [0, 0.1) is 11.2 Å². The molecule has 31 heavy (non-hydrogen) atoms. The summed E-state index contributed by atoms with van der Waals surface area (Å²) < 4.78 is 15.4. The molecular weight excluding hydrogens is 411 g/mol. The van der Waals surface area contributed by atoms with E-state index in [0.717, 1.165) is 16.8 Å². The van der Waals surface area contributed by atoms with Crippen LogP contribution in [-0.4, -0.2) is 10.4 Å². The van der Waals surface area contributed by atoms with E-state index in [-0.39, 0.29) is 22.6 Å². The highest BCUT2D eigenvalue weighted by atomic mass is 32.1. The Balaban J connectivity index is 1.76. The molecule has 5 rings (SSSR count). The maximum Gasteiger partial charge on any atom is 0.271 e. The molecule has 2 aliphatic rings. The van der Waals surface area contributed by atoms with Crippen molar-refractivity contribution >= 4 is 23.2 Å². The van der Waals surface area contributed by atoms with Gasteiger partial charge in [-0.2, -0.15) is 0 Å². The second-order valence-corrected chi connectivity index (χ2v) is 9.86. The Morgan fingerprint density at radius 2 is 1.77 bits per heavy atom. The van der Waals surface area contributed by atoms with Gasteiger partial charge in [0.1, 0.15) is 5.82 Å². The molecule has 3 aromatic rings. The Kier molecular flexibility index (Phi) is 4.63. The lowest BCUT2D eigenvalue weighted by Crippen LogP contribution is -2.42. The van der Waals surface area contributed by atoms with Crippen molar-refractivity contribution in [2.45, 2.75) is 32.7 Å². The fourth-order valence-corrected chi connectivity index (χ4v) is 5.43. The van der Waals surface area contributed by atoms with Crippen LogP contribution in [0.4, 0.5) is 4.39 Å². The van der Waals surface area contributed by atoms with Gasteiger partial charge in [-0.05, 0) is 41.2 Å². The topological polar surface area (TPSA) is 51.4 Å². The molecule has 156 valence electrons. The van der Waals surface area contributed by atoms with Crippen LogP contribution < -0.4 is 14.9 Å². The fraction of sp³-hybridized carbons (Fsp3) is 0.240. The molecule has 0 radical (unpaired) electrons. The summed E-state index contributed by atoms with van der Waals surface area (Å²) in [4.78, 5) is 32.0. The zero-order valence-electron chi connectivity index (χ0n) is 17.3. The SMILES string of the molecule is CC1(C)CC(=O)C2=C(C1)N=c1sc(=Cc3ccc(F)cc3)c(=O)n1C2c1ccccc1. The van der Waals surface area contributed by atoms with Crippen molar-refractivity contribution in [2.24, 2.45) is 10.4 Å². The zero-order valence-corrected chi connectivity index (χ0v) is 18.1. The van der Waals surface area contributed by atoms with Crippen molar-refractivity contribution in [1.29, 1.82) is 0 Å². The van der Waals surface area contributed by atoms with Gasteiger partial charge >= 0.3 is 0 Å². The summed E-state index contributed by atoms with van der Waals surface area (Å²) in [6.45, 7) is 4.15. The van der Waals surface area contributed by atoms with Crippen molar-refractivity contribution in [3.8, 4) is 0 Å². The van der Waals surface area contributed by atoms with Crippen molar-refractivity contribution < 1.29 is 9.18 Å². The predicted molar refractivity (Wildman–Crippen MR) is 119 cm³/mol. The second-order valence-electron chi connectivity index (χ2n) is 8.85. The Hall–Kier alpha value is -3.12. The van der Waals surface area contributed by atoms with Gasteiger partial charge in [-0.25, -0.2) is 9.38 Å².